The highest BCUT2D eigenvalue weighted by atomic mass is 16.1. The van der Waals surface area contributed by atoms with E-state index in [0.717, 1.165) is 18.7 Å². The van der Waals surface area contributed by atoms with Crippen molar-refractivity contribution in [3.63, 3.8) is 0 Å². The topological polar surface area (TPSA) is 29.1 Å². The molecular weight excluding hydrogens is 270 g/mol. The Morgan fingerprint density at radius 3 is 2.59 bits per heavy atom. The van der Waals surface area contributed by atoms with E-state index in [-0.39, 0.29) is 17.6 Å². The first kappa shape index (κ1) is 15.0. The van der Waals surface area contributed by atoms with Crippen LogP contribution in [0.2, 0.25) is 0 Å². The Morgan fingerprint density at radius 2 is 1.82 bits per heavy atom. The summed E-state index contributed by atoms with van der Waals surface area (Å²) < 4.78 is 0. The SMILES string of the molecule is Cc1cccc([C@H]2[CH]CNC[C@H]2C(=O)c2ccccc2)c1C. The number of rotatable bonds is 3. The molecule has 0 spiro atoms. The van der Waals surface area contributed by atoms with E-state index in [0.29, 0.717) is 0 Å². The fourth-order valence-corrected chi connectivity index (χ4v) is 3.29. The zero-order valence-corrected chi connectivity index (χ0v) is 13.2. The van der Waals surface area contributed by atoms with Crippen molar-refractivity contribution in [3.8, 4) is 0 Å². The van der Waals surface area contributed by atoms with Gasteiger partial charge < -0.3 is 5.32 Å². The van der Waals surface area contributed by atoms with Crippen molar-refractivity contribution in [1.82, 2.24) is 5.32 Å². The van der Waals surface area contributed by atoms with Gasteiger partial charge in [-0.25, -0.2) is 0 Å². The molecule has 2 aromatic carbocycles. The maximum atomic E-state index is 12.9. The van der Waals surface area contributed by atoms with E-state index < -0.39 is 0 Å². The van der Waals surface area contributed by atoms with Crippen LogP contribution in [0.5, 0.6) is 0 Å². The highest BCUT2D eigenvalue weighted by Gasteiger charge is 2.33. The highest BCUT2D eigenvalue weighted by molar-refractivity contribution is 5.98. The second kappa shape index (κ2) is 6.45. The standard InChI is InChI=1S/C20H22NO/c1-14-7-6-10-17(15(14)2)18-11-12-21-13-19(18)20(22)16-8-4-3-5-9-16/h3-11,18-19,21H,12-13H2,1-2H3/t18-,19-/m1/s1. The fraction of sp³-hybridized carbons (Fsp3) is 0.300. The Balaban J connectivity index is 1.95. The van der Waals surface area contributed by atoms with Gasteiger partial charge in [0.2, 0.25) is 0 Å². The molecule has 0 amide bonds. The van der Waals surface area contributed by atoms with E-state index in [9.17, 15) is 4.79 Å². The third kappa shape index (κ3) is 2.84. The summed E-state index contributed by atoms with van der Waals surface area (Å²) in [7, 11) is 0. The number of carbonyl (C=O) groups is 1. The van der Waals surface area contributed by atoms with Crippen molar-refractivity contribution in [2.45, 2.75) is 19.8 Å². The number of piperidine rings is 1. The summed E-state index contributed by atoms with van der Waals surface area (Å²) in [5.74, 6) is 0.389. The summed E-state index contributed by atoms with van der Waals surface area (Å²) in [6.45, 7) is 5.89. The zero-order valence-electron chi connectivity index (χ0n) is 13.2. The monoisotopic (exact) mass is 292 g/mol. The number of nitrogens with one attached hydrogen (secondary N) is 1. The van der Waals surface area contributed by atoms with Crippen LogP contribution in [0.3, 0.4) is 0 Å². The van der Waals surface area contributed by atoms with E-state index in [1.165, 1.54) is 16.7 Å². The molecule has 2 heteroatoms. The molecule has 0 aromatic heterocycles. The largest absolute Gasteiger partial charge is 0.316 e. The molecule has 0 saturated carbocycles. The summed E-state index contributed by atoms with van der Waals surface area (Å²) in [4.78, 5) is 12.9. The van der Waals surface area contributed by atoms with Gasteiger partial charge in [0.1, 0.15) is 0 Å². The van der Waals surface area contributed by atoms with Crippen LogP contribution in [-0.2, 0) is 0 Å². The summed E-state index contributed by atoms with van der Waals surface area (Å²) in [6.07, 6.45) is 2.25. The van der Waals surface area contributed by atoms with Crippen LogP contribution in [0.25, 0.3) is 0 Å². The molecular formula is C20H22NO. The molecule has 1 saturated heterocycles. The van der Waals surface area contributed by atoms with Gasteiger partial charge in [-0.3, -0.25) is 4.79 Å². The van der Waals surface area contributed by atoms with Gasteiger partial charge in [-0.15, -0.1) is 0 Å². The van der Waals surface area contributed by atoms with Crippen molar-refractivity contribution in [2.75, 3.05) is 13.1 Å². The number of benzene rings is 2. The van der Waals surface area contributed by atoms with E-state index >= 15 is 0 Å². The van der Waals surface area contributed by atoms with Gasteiger partial charge in [0.15, 0.2) is 5.78 Å². The van der Waals surface area contributed by atoms with Gasteiger partial charge in [-0.05, 0) is 49.4 Å². The van der Waals surface area contributed by atoms with Gasteiger partial charge in [0, 0.05) is 18.0 Å². The Hall–Kier alpha value is -1.93. The Morgan fingerprint density at radius 1 is 1.05 bits per heavy atom. The van der Waals surface area contributed by atoms with Crippen LogP contribution < -0.4 is 5.32 Å². The summed E-state index contributed by atoms with van der Waals surface area (Å²) >= 11 is 0. The van der Waals surface area contributed by atoms with Gasteiger partial charge >= 0.3 is 0 Å². The lowest BCUT2D eigenvalue weighted by Crippen LogP contribution is -2.40. The molecule has 1 radical (unpaired) electrons. The van der Waals surface area contributed by atoms with Gasteiger partial charge in [0.25, 0.3) is 0 Å². The van der Waals surface area contributed by atoms with Crippen molar-refractivity contribution >= 4 is 5.78 Å². The molecule has 3 rings (SSSR count). The van der Waals surface area contributed by atoms with Crippen LogP contribution in [0, 0.1) is 26.2 Å². The van der Waals surface area contributed by atoms with E-state index in [1.54, 1.807) is 0 Å². The molecule has 1 aliphatic heterocycles. The lowest BCUT2D eigenvalue weighted by Gasteiger charge is -2.32. The Kier molecular flexibility index (Phi) is 4.39. The third-order valence-electron chi connectivity index (χ3n) is 4.71. The summed E-state index contributed by atoms with van der Waals surface area (Å²) in [5, 5.41) is 3.34. The maximum absolute atomic E-state index is 12.9. The average molecular weight is 292 g/mol. The molecule has 0 aliphatic carbocycles. The number of carbonyl (C=O) groups excluding carboxylic acids is 1. The van der Waals surface area contributed by atoms with Crippen molar-refractivity contribution in [1.29, 1.82) is 0 Å². The normalized spacial score (nSPS) is 21.5. The highest BCUT2D eigenvalue weighted by Crippen LogP contribution is 2.34. The summed E-state index contributed by atoms with van der Waals surface area (Å²) in [6, 6.07) is 16.0. The van der Waals surface area contributed by atoms with Gasteiger partial charge in [-0.2, -0.15) is 0 Å². The van der Waals surface area contributed by atoms with Crippen LogP contribution in [-0.4, -0.2) is 18.9 Å². The zero-order chi connectivity index (χ0) is 15.5. The minimum atomic E-state index is -0.0309. The lowest BCUT2D eigenvalue weighted by molar-refractivity contribution is 0.0896. The van der Waals surface area contributed by atoms with Gasteiger partial charge in [0.05, 0.1) is 0 Å². The van der Waals surface area contributed by atoms with Crippen molar-refractivity contribution in [2.24, 2.45) is 5.92 Å². The Labute approximate surface area is 132 Å². The fourth-order valence-electron chi connectivity index (χ4n) is 3.29. The first-order valence-corrected chi connectivity index (χ1v) is 7.88. The number of ketones is 1. The van der Waals surface area contributed by atoms with E-state index in [1.807, 2.05) is 30.3 Å². The number of hydrogen-bond donors (Lipinski definition) is 1. The molecule has 2 atom stereocenters. The first-order chi connectivity index (χ1) is 10.7. The quantitative estimate of drug-likeness (QED) is 0.874. The number of hydrogen-bond acceptors (Lipinski definition) is 2. The van der Waals surface area contributed by atoms with Crippen LogP contribution in [0.1, 0.15) is 33.0 Å². The molecule has 113 valence electrons. The molecule has 1 aliphatic rings. The molecule has 22 heavy (non-hydrogen) atoms. The molecule has 0 unspecified atom stereocenters. The van der Waals surface area contributed by atoms with Crippen LogP contribution in [0.15, 0.2) is 48.5 Å². The number of aryl methyl sites for hydroxylation is 1. The second-order valence-corrected chi connectivity index (χ2v) is 6.05. The van der Waals surface area contributed by atoms with E-state index in [2.05, 4.69) is 43.8 Å². The molecule has 1 fully saturated rings. The van der Waals surface area contributed by atoms with Crippen LogP contribution in [0.4, 0.5) is 0 Å². The molecule has 2 nitrogen and oxygen atoms in total. The minimum absolute atomic E-state index is 0.0309. The average Bonchev–Trinajstić information content (AvgIpc) is 2.57. The predicted molar refractivity (Wildman–Crippen MR) is 90.1 cm³/mol. The molecule has 1 N–H and O–H groups in total. The molecule has 1 heterocycles. The Bertz CT molecular complexity index is 663. The third-order valence-corrected chi connectivity index (χ3v) is 4.71. The maximum Gasteiger partial charge on any atom is 0.167 e. The second-order valence-electron chi connectivity index (χ2n) is 6.05. The van der Waals surface area contributed by atoms with Gasteiger partial charge in [-0.1, -0.05) is 48.5 Å². The smallest absolute Gasteiger partial charge is 0.167 e. The molecule has 0 bridgehead atoms. The lowest BCUT2D eigenvalue weighted by atomic mass is 9.75. The van der Waals surface area contributed by atoms with Crippen LogP contribution >= 0.6 is 0 Å². The van der Waals surface area contributed by atoms with Crippen molar-refractivity contribution in [3.05, 3.63) is 77.2 Å². The molecule has 2 aromatic rings. The van der Waals surface area contributed by atoms with E-state index in [4.69, 9.17) is 0 Å². The summed E-state index contributed by atoms with van der Waals surface area (Å²) in [5.41, 5.74) is 4.68. The predicted octanol–water partition coefficient (Wildman–Crippen LogP) is 3.69. The minimum Gasteiger partial charge on any atom is -0.316 e. The van der Waals surface area contributed by atoms with Crippen molar-refractivity contribution < 1.29 is 4.79 Å². The number of Topliss-reactive ketones (excluding diaryl/α,β-unsaturated/α-hetero) is 1. The first-order valence-electron chi connectivity index (χ1n) is 7.88.